The summed E-state index contributed by atoms with van der Waals surface area (Å²) in [6.07, 6.45) is 9.69. The Morgan fingerprint density at radius 2 is 1.46 bits per heavy atom. The molecule has 2 aromatic rings. The molecule has 28 heavy (non-hydrogen) atoms. The van der Waals surface area contributed by atoms with E-state index < -0.39 is 0 Å². The highest BCUT2D eigenvalue weighted by molar-refractivity contribution is 5.75. The molecular weight excluding hydrogens is 342 g/mol. The maximum Gasteiger partial charge on any atom is 0.220 e. The number of benzene rings is 2. The van der Waals surface area contributed by atoms with Gasteiger partial charge in [0.15, 0.2) is 0 Å². The smallest absolute Gasteiger partial charge is 0.220 e. The van der Waals surface area contributed by atoms with Crippen LogP contribution in [0, 0.1) is 11.8 Å². The summed E-state index contributed by atoms with van der Waals surface area (Å²) in [6.45, 7) is 0.813. The Hall–Kier alpha value is -2.09. The Morgan fingerprint density at radius 1 is 0.857 bits per heavy atom. The summed E-state index contributed by atoms with van der Waals surface area (Å²) < 4.78 is 0. The number of fused-ring (bicyclic) bond motifs is 1. The van der Waals surface area contributed by atoms with Gasteiger partial charge < -0.3 is 5.32 Å². The molecule has 1 atom stereocenters. The third-order valence-corrected chi connectivity index (χ3v) is 7.49. The van der Waals surface area contributed by atoms with E-state index in [2.05, 4.69) is 53.8 Å². The number of rotatable bonds is 5. The van der Waals surface area contributed by atoms with Crippen LogP contribution in [0.1, 0.15) is 85.5 Å². The van der Waals surface area contributed by atoms with Gasteiger partial charge in [-0.15, -0.1) is 0 Å². The highest BCUT2D eigenvalue weighted by atomic mass is 16.1. The fraction of sp³-hybridized carbons (Fsp3) is 0.500. The summed E-state index contributed by atoms with van der Waals surface area (Å²) in [5.74, 6) is 2.46. The summed E-state index contributed by atoms with van der Waals surface area (Å²) >= 11 is 0. The van der Waals surface area contributed by atoms with Gasteiger partial charge >= 0.3 is 0 Å². The van der Waals surface area contributed by atoms with Crippen LogP contribution >= 0.6 is 0 Å². The molecule has 0 aromatic heterocycles. The lowest BCUT2D eigenvalue weighted by molar-refractivity contribution is -0.121. The maximum absolute atomic E-state index is 12.5. The minimum absolute atomic E-state index is 0.258. The van der Waals surface area contributed by atoms with Crippen molar-refractivity contribution >= 4 is 5.91 Å². The van der Waals surface area contributed by atoms with Crippen molar-refractivity contribution in [1.82, 2.24) is 5.32 Å². The average Bonchev–Trinajstić information content (AvgIpc) is 2.77. The largest absolute Gasteiger partial charge is 0.356 e. The van der Waals surface area contributed by atoms with Gasteiger partial charge in [0, 0.05) is 24.8 Å². The molecule has 6 rings (SSSR count). The van der Waals surface area contributed by atoms with Crippen molar-refractivity contribution in [1.29, 1.82) is 0 Å². The molecule has 4 aliphatic rings. The number of hydrogen-bond donors (Lipinski definition) is 1. The van der Waals surface area contributed by atoms with E-state index in [4.69, 9.17) is 0 Å². The van der Waals surface area contributed by atoms with Crippen LogP contribution in [0.4, 0.5) is 0 Å². The first-order valence-corrected chi connectivity index (χ1v) is 11.3. The molecule has 0 saturated heterocycles. The Balaban J connectivity index is 1.26. The van der Waals surface area contributed by atoms with Crippen molar-refractivity contribution < 1.29 is 4.79 Å². The fourth-order valence-corrected chi connectivity index (χ4v) is 6.10. The van der Waals surface area contributed by atoms with Crippen LogP contribution in [0.25, 0.3) is 0 Å². The monoisotopic (exact) mass is 373 g/mol. The lowest BCUT2D eigenvalue weighted by Gasteiger charge is -2.45. The first-order chi connectivity index (χ1) is 13.8. The summed E-state index contributed by atoms with van der Waals surface area (Å²) in [7, 11) is 0. The van der Waals surface area contributed by atoms with Crippen LogP contribution in [0.15, 0.2) is 48.5 Å². The maximum atomic E-state index is 12.5. The highest BCUT2D eigenvalue weighted by Crippen LogP contribution is 2.55. The summed E-state index contributed by atoms with van der Waals surface area (Å²) in [5, 5.41) is 3.30. The van der Waals surface area contributed by atoms with Crippen LogP contribution < -0.4 is 5.32 Å². The minimum Gasteiger partial charge on any atom is -0.356 e. The molecule has 0 spiro atoms. The topological polar surface area (TPSA) is 29.1 Å². The number of hydrogen-bond acceptors (Lipinski definition) is 1. The molecule has 2 heteroatoms. The molecule has 1 saturated carbocycles. The quantitative estimate of drug-likeness (QED) is 0.709. The Morgan fingerprint density at radius 3 is 2.11 bits per heavy atom. The predicted molar refractivity (Wildman–Crippen MR) is 113 cm³/mol. The lowest BCUT2D eigenvalue weighted by Crippen LogP contribution is -2.39. The zero-order valence-corrected chi connectivity index (χ0v) is 16.7. The molecule has 1 fully saturated rings. The molecule has 146 valence electrons. The Labute approximate surface area is 168 Å². The number of carbonyl (C=O) groups excluding carboxylic acids is 1. The molecule has 1 amide bonds. The van der Waals surface area contributed by atoms with Gasteiger partial charge in [-0.05, 0) is 46.9 Å². The standard InChI is InChI=1S/C26H31NO/c28-25(15-14-18-8-2-1-3-9-18)27-17-19-16-24-20-10-4-6-12-22(20)26(19)23-13-7-5-11-21(23)24/h4-7,10-13,18-19,24,26H,1-3,8-9,14-17H2,(H,27,28)/t19-,24?,26?/m0/s1. The van der Waals surface area contributed by atoms with Gasteiger partial charge in [0.1, 0.15) is 0 Å². The molecule has 1 N–H and O–H groups in total. The van der Waals surface area contributed by atoms with E-state index in [9.17, 15) is 4.79 Å². The molecule has 0 unspecified atom stereocenters. The van der Waals surface area contributed by atoms with Crippen molar-refractivity contribution in [3.8, 4) is 0 Å². The first-order valence-electron chi connectivity index (χ1n) is 11.3. The number of amides is 1. The third kappa shape index (κ3) is 3.27. The van der Waals surface area contributed by atoms with E-state index in [0.717, 1.165) is 25.3 Å². The van der Waals surface area contributed by atoms with Crippen molar-refractivity contribution in [3.05, 3.63) is 70.8 Å². The second-order valence-electron chi connectivity index (χ2n) is 9.13. The van der Waals surface area contributed by atoms with Crippen molar-refractivity contribution in [2.24, 2.45) is 11.8 Å². The van der Waals surface area contributed by atoms with Gasteiger partial charge in [-0.3, -0.25) is 4.79 Å². The molecule has 0 aliphatic heterocycles. The second kappa shape index (κ2) is 7.73. The average molecular weight is 374 g/mol. The van der Waals surface area contributed by atoms with Gasteiger partial charge in [0.2, 0.25) is 5.91 Å². The van der Waals surface area contributed by atoms with E-state index in [1.807, 2.05) is 0 Å². The molecule has 0 radical (unpaired) electrons. The SMILES string of the molecule is O=C(CCC1CCCCC1)NC[C@@H]1CC2c3ccccc3C1c1ccccc12. The molecule has 2 aromatic carbocycles. The van der Waals surface area contributed by atoms with Crippen LogP contribution in [-0.4, -0.2) is 12.5 Å². The third-order valence-electron chi connectivity index (χ3n) is 7.49. The first kappa shape index (κ1) is 18.0. The van der Waals surface area contributed by atoms with Gasteiger partial charge in [-0.25, -0.2) is 0 Å². The summed E-state index contributed by atoms with van der Waals surface area (Å²) in [6, 6.07) is 17.9. The number of carbonyl (C=O) groups is 1. The Bertz CT molecular complexity index is 804. The van der Waals surface area contributed by atoms with Gasteiger partial charge in [0.25, 0.3) is 0 Å². The molecule has 2 nitrogen and oxygen atoms in total. The molecule has 2 bridgehead atoms. The van der Waals surface area contributed by atoms with E-state index in [-0.39, 0.29) is 5.91 Å². The van der Waals surface area contributed by atoms with Gasteiger partial charge in [-0.2, -0.15) is 0 Å². The van der Waals surface area contributed by atoms with Crippen LogP contribution in [0.2, 0.25) is 0 Å². The van der Waals surface area contributed by atoms with Gasteiger partial charge in [0.05, 0.1) is 0 Å². The second-order valence-corrected chi connectivity index (χ2v) is 9.13. The zero-order valence-electron chi connectivity index (χ0n) is 16.7. The Kier molecular flexibility index (Phi) is 4.96. The minimum atomic E-state index is 0.258. The summed E-state index contributed by atoms with van der Waals surface area (Å²) in [4.78, 5) is 12.5. The molecular formula is C26H31NO. The van der Waals surface area contributed by atoms with Crippen LogP contribution in [0.5, 0.6) is 0 Å². The predicted octanol–water partition coefficient (Wildman–Crippen LogP) is 5.76. The zero-order chi connectivity index (χ0) is 18.9. The van der Waals surface area contributed by atoms with E-state index in [1.165, 1.54) is 54.4 Å². The van der Waals surface area contributed by atoms with E-state index in [0.29, 0.717) is 24.2 Å². The van der Waals surface area contributed by atoms with Crippen molar-refractivity contribution in [2.45, 2.75) is 63.2 Å². The van der Waals surface area contributed by atoms with Crippen molar-refractivity contribution in [2.75, 3.05) is 6.54 Å². The van der Waals surface area contributed by atoms with E-state index >= 15 is 0 Å². The normalized spacial score (nSPS) is 25.8. The van der Waals surface area contributed by atoms with Crippen LogP contribution in [0.3, 0.4) is 0 Å². The number of nitrogens with one attached hydrogen (secondary N) is 1. The van der Waals surface area contributed by atoms with E-state index in [1.54, 1.807) is 0 Å². The highest BCUT2D eigenvalue weighted by Gasteiger charge is 2.42. The molecule has 0 heterocycles. The molecule has 4 aliphatic carbocycles. The van der Waals surface area contributed by atoms with Crippen LogP contribution in [-0.2, 0) is 4.79 Å². The fourth-order valence-electron chi connectivity index (χ4n) is 6.10. The van der Waals surface area contributed by atoms with Crippen molar-refractivity contribution in [3.63, 3.8) is 0 Å². The lowest BCUT2D eigenvalue weighted by atomic mass is 9.59. The summed E-state index contributed by atoms with van der Waals surface area (Å²) in [5.41, 5.74) is 5.98. The van der Waals surface area contributed by atoms with Gasteiger partial charge in [-0.1, -0.05) is 80.6 Å².